The molecule has 0 saturated carbocycles. The standard InChI is InChI=1S/C14H21NO3/c1-4-15-14(2,10-13(16)17)9-11-7-5-6-8-12(11)18-3/h5-8,15H,4,9-10H2,1-3H3,(H,16,17). The lowest BCUT2D eigenvalue weighted by atomic mass is 9.89. The van der Waals surface area contributed by atoms with Gasteiger partial charge in [0, 0.05) is 5.54 Å². The van der Waals surface area contributed by atoms with Gasteiger partial charge in [0.2, 0.25) is 0 Å². The summed E-state index contributed by atoms with van der Waals surface area (Å²) in [7, 11) is 1.63. The molecule has 18 heavy (non-hydrogen) atoms. The molecule has 0 aliphatic carbocycles. The van der Waals surface area contributed by atoms with E-state index in [1.165, 1.54) is 0 Å². The molecule has 1 aromatic carbocycles. The number of hydrogen-bond acceptors (Lipinski definition) is 3. The van der Waals surface area contributed by atoms with Crippen molar-refractivity contribution in [1.82, 2.24) is 5.32 Å². The molecule has 0 aromatic heterocycles. The molecule has 0 bridgehead atoms. The molecule has 4 nitrogen and oxygen atoms in total. The van der Waals surface area contributed by atoms with Crippen molar-refractivity contribution in [3.05, 3.63) is 29.8 Å². The number of aliphatic carboxylic acids is 1. The number of methoxy groups -OCH3 is 1. The van der Waals surface area contributed by atoms with Crippen LogP contribution in [0.2, 0.25) is 0 Å². The minimum absolute atomic E-state index is 0.0822. The number of para-hydroxylation sites is 1. The number of carboxylic acid groups (broad SMARTS) is 1. The van der Waals surface area contributed by atoms with Crippen molar-refractivity contribution in [2.24, 2.45) is 0 Å². The van der Waals surface area contributed by atoms with E-state index in [1.807, 2.05) is 38.1 Å². The highest BCUT2D eigenvalue weighted by Gasteiger charge is 2.27. The topological polar surface area (TPSA) is 58.6 Å². The summed E-state index contributed by atoms with van der Waals surface area (Å²) < 4.78 is 5.30. The summed E-state index contributed by atoms with van der Waals surface area (Å²) in [6.07, 6.45) is 0.704. The van der Waals surface area contributed by atoms with Crippen LogP contribution in [-0.2, 0) is 11.2 Å². The minimum atomic E-state index is -0.798. The van der Waals surface area contributed by atoms with Gasteiger partial charge >= 0.3 is 5.97 Å². The zero-order valence-corrected chi connectivity index (χ0v) is 11.2. The van der Waals surface area contributed by atoms with Crippen molar-refractivity contribution in [1.29, 1.82) is 0 Å². The van der Waals surface area contributed by atoms with Crippen molar-refractivity contribution in [3.63, 3.8) is 0 Å². The third-order valence-electron chi connectivity index (χ3n) is 2.92. The smallest absolute Gasteiger partial charge is 0.305 e. The van der Waals surface area contributed by atoms with E-state index in [2.05, 4.69) is 5.32 Å². The van der Waals surface area contributed by atoms with Crippen molar-refractivity contribution in [2.75, 3.05) is 13.7 Å². The molecule has 1 rings (SSSR count). The summed E-state index contributed by atoms with van der Waals surface area (Å²) in [5.74, 6) is 0.000338. The Morgan fingerprint density at radius 2 is 2.11 bits per heavy atom. The predicted octanol–water partition coefficient (Wildman–Crippen LogP) is 2.08. The predicted molar refractivity (Wildman–Crippen MR) is 71.0 cm³/mol. The van der Waals surface area contributed by atoms with Gasteiger partial charge in [-0.25, -0.2) is 0 Å². The summed E-state index contributed by atoms with van der Waals surface area (Å²) in [6.45, 7) is 4.64. The molecule has 0 saturated heterocycles. The van der Waals surface area contributed by atoms with Gasteiger partial charge in [0.15, 0.2) is 0 Å². The SMILES string of the molecule is CCNC(C)(CC(=O)O)Cc1ccccc1OC. The zero-order chi connectivity index (χ0) is 13.6. The highest BCUT2D eigenvalue weighted by molar-refractivity contribution is 5.68. The highest BCUT2D eigenvalue weighted by atomic mass is 16.5. The summed E-state index contributed by atoms with van der Waals surface area (Å²) in [4.78, 5) is 11.0. The first-order valence-electron chi connectivity index (χ1n) is 6.09. The Kier molecular flexibility index (Phi) is 5.16. The largest absolute Gasteiger partial charge is 0.496 e. The van der Waals surface area contributed by atoms with E-state index in [1.54, 1.807) is 7.11 Å². The molecular weight excluding hydrogens is 230 g/mol. The molecule has 1 aromatic rings. The lowest BCUT2D eigenvalue weighted by molar-refractivity contribution is -0.138. The fraction of sp³-hybridized carbons (Fsp3) is 0.500. The van der Waals surface area contributed by atoms with Crippen molar-refractivity contribution in [2.45, 2.75) is 32.2 Å². The summed E-state index contributed by atoms with van der Waals surface area (Å²) in [6, 6.07) is 7.70. The Labute approximate surface area is 108 Å². The average Bonchev–Trinajstić information content (AvgIpc) is 2.28. The second-order valence-electron chi connectivity index (χ2n) is 4.65. The molecule has 0 aliphatic rings. The third kappa shape index (κ3) is 4.04. The summed E-state index contributed by atoms with van der Waals surface area (Å²) in [5.41, 5.74) is 0.555. The first-order chi connectivity index (χ1) is 8.50. The number of carboxylic acids is 1. The van der Waals surface area contributed by atoms with Gasteiger partial charge in [-0.15, -0.1) is 0 Å². The van der Waals surface area contributed by atoms with Crippen molar-refractivity contribution < 1.29 is 14.6 Å². The molecule has 0 amide bonds. The number of nitrogens with one attached hydrogen (secondary N) is 1. The molecule has 1 unspecified atom stereocenters. The van der Waals surface area contributed by atoms with Gasteiger partial charge in [-0.05, 0) is 31.5 Å². The van der Waals surface area contributed by atoms with E-state index in [0.29, 0.717) is 6.42 Å². The maximum absolute atomic E-state index is 11.0. The number of benzene rings is 1. The average molecular weight is 251 g/mol. The third-order valence-corrected chi connectivity index (χ3v) is 2.92. The molecule has 0 fully saturated rings. The fourth-order valence-corrected chi connectivity index (χ4v) is 2.22. The van der Waals surface area contributed by atoms with Crippen LogP contribution in [0.3, 0.4) is 0 Å². The van der Waals surface area contributed by atoms with Gasteiger partial charge in [-0.2, -0.15) is 0 Å². The second-order valence-corrected chi connectivity index (χ2v) is 4.65. The van der Waals surface area contributed by atoms with E-state index >= 15 is 0 Å². The molecule has 0 radical (unpaired) electrons. The van der Waals surface area contributed by atoms with E-state index in [0.717, 1.165) is 17.9 Å². The van der Waals surface area contributed by atoms with Crippen LogP contribution in [0.1, 0.15) is 25.8 Å². The minimum Gasteiger partial charge on any atom is -0.496 e. The maximum atomic E-state index is 11.0. The van der Waals surface area contributed by atoms with Gasteiger partial charge < -0.3 is 15.2 Å². The van der Waals surface area contributed by atoms with Crippen LogP contribution in [-0.4, -0.2) is 30.3 Å². The van der Waals surface area contributed by atoms with Gasteiger partial charge in [0.05, 0.1) is 13.5 Å². The van der Waals surface area contributed by atoms with Gasteiger partial charge in [0.25, 0.3) is 0 Å². The van der Waals surface area contributed by atoms with Crippen LogP contribution >= 0.6 is 0 Å². The first-order valence-corrected chi connectivity index (χ1v) is 6.09. The Hall–Kier alpha value is -1.55. The van der Waals surface area contributed by atoms with Crippen LogP contribution in [0.4, 0.5) is 0 Å². The van der Waals surface area contributed by atoms with Gasteiger partial charge in [-0.3, -0.25) is 4.79 Å². The van der Waals surface area contributed by atoms with Gasteiger partial charge in [0.1, 0.15) is 5.75 Å². The first kappa shape index (κ1) is 14.5. The lowest BCUT2D eigenvalue weighted by Gasteiger charge is -2.29. The Bertz CT molecular complexity index is 406. The molecule has 0 aliphatic heterocycles. The zero-order valence-electron chi connectivity index (χ0n) is 11.2. The molecular formula is C14H21NO3. The highest BCUT2D eigenvalue weighted by Crippen LogP contribution is 2.24. The number of likely N-dealkylation sites (N-methyl/N-ethyl adjacent to an activating group) is 1. The molecule has 0 spiro atoms. The van der Waals surface area contributed by atoms with E-state index in [-0.39, 0.29) is 6.42 Å². The fourth-order valence-electron chi connectivity index (χ4n) is 2.22. The Morgan fingerprint density at radius 3 is 2.67 bits per heavy atom. The Morgan fingerprint density at radius 1 is 1.44 bits per heavy atom. The molecule has 100 valence electrons. The lowest BCUT2D eigenvalue weighted by Crippen LogP contribution is -2.46. The number of hydrogen-bond donors (Lipinski definition) is 2. The van der Waals surface area contributed by atoms with Crippen LogP contribution in [0.15, 0.2) is 24.3 Å². The summed E-state index contributed by atoms with van der Waals surface area (Å²) >= 11 is 0. The molecule has 2 N–H and O–H groups in total. The quantitative estimate of drug-likeness (QED) is 0.779. The monoisotopic (exact) mass is 251 g/mol. The normalized spacial score (nSPS) is 13.9. The van der Waals surface area contributed by atoms with Crippen molar-refractivity contribution in [3.8, 4) is 5.75 Å². The van der Waals surface area contributed by atoms with Crippen molar-refractivity contribution >= 4 is 5.97 Å². The Balaban J connectivity index is 2.91. The van der Waals surface area contributed by atoms with Crippen LogP contribution < -0.4 is 10.1 Å². The van der Waals surface area contributed by atoms with Crippen LogP contribution in [0.25, 0.3) is 0 Å². The maximum Gasteiger partial charge on any atom is 0.305 e. The number of rotatable bonds is 7. The molecule has 1 atom stereocenters. The second kappa shape index (κ2) is 6.40. The summed E-state index contributed by atoms with van der Waals surface area (Å²) in [5, 5.41) is 12.3. The van der Waals surface area contributed by atoms with E-state index < -0.39 is 11.5 Å². The van der Waals surface area contributed by atoms with Crippen LogP contribution in [0.5, 0.6) is 5.75 Å². The van der Waals surface area contributed by atoms with Crippen LogP contribution in [0, 0.1) is 0 Å². The molecule has 4 heteroatoms. The molecule has 0 heterocycles. The van der Waals surface area contributed by atoms with E-state index in [9.17, 15) is 4.79 Å². The van der Waals surface area contributed by atoms with Gasteiger partial charge in [-0.1, -0.05) is 25.1 Å². The number of ether oxygens (including phenoxy) is 1. The van der Waals surface area contributed by atoms with E-state index in [4.69, 9.17) is 9.84 Å². The number of carbonyl (C=O) groups is 1.